The number of fused-ring (bicyclic) bond motifs is 3. The first-order valence-corrected chi connectivity index (χ1v) is 23.4. The molecule has 67 heavy (non-hydrogen) atoms. The average molecular weight is 967 g/mol. The molecule has 14 N–H and O–H groups in total. The topological polar surface area (TPSA) is 374 Å². The van der Waals surface area contributed by atoms with Crippen LogP contribution in [0.5, 0.6) is 0 Å². The number of hydrogen-bond donors (Lipinski definition) is 14. The Bertz CT molecular complexity index is 1740. The average Bonchev–Trinajstić information content (AvgIpc) is 3.30. The first kappa shape index (κ1) is 51.7. The van der Waals surface area contributed by atoms with Crippen LogP contribution in [0.2, 0.25) is 0 Å². The fraction of sp³-hybridized carbons (Fsp3) is 0.932. The van der Waals surface area contributed by atoms with Gasteiger partial charge in [0.25, 0.3) is 0 Å². The SMILES string of the molecule is C=C1C[C@@]23CC[C@H]4[C@@](C)(CCC[C@@]4(C)C(=O)O[C@@H]4O[C@H](CO)[C@@H](O)[C@H](O)[C@H]4O)[C@@H]2C[C@@H]1C(O[C@@H]1O[C@H](CO)[C@@H](O)[C@H](O[C@@H]2O[C@H](CO)[C@@H](O)[C@H](O)[C@H]2O)[C@H]1O[C@@H]1O[C@H](CO)[C@@H](O)[C@H](O)[C@H]1O)C3. The summed E-state index contributed by atoms with van der Waals surface area (Å²) < 4.78 is 48.0. The van der Waals surface area contributed by atoms with Crippen molar-refractivity contribution < 1.29 is 114 Å². The summed E-state index contributed by atoms with van der Waals surface area (Å²) in [5.74, 6) is -1.11. The Hall–Kier alpha value is -1.63. The molecule has 2 bridgehead atoms. The second kappa shape index (κ2) is 19.8. The summed E-state index contributed by atoms with van der Waals surface area (Å²) in [4.78, 5) is 14.3. The van der Waals surface area contributed by atoms with E-state index in [9.17, 15) is 76.3 Å². The first-order valence-electron chi connectivity index (χ1n) is 23.4. The van der Waals surface area contributed by atoms with Crippen molar-refractivity contribution in [1.29, 1.82) is 0 Å². The van der Waals surface area contributed by atoms with E-state index in [0.717, 1.165) is 12.0 Å². The largest absolute Gasteiger partial charge is 0.432 e. The van der Waals surface area contributed by atoms with Gasteiger partial charge in [0.1, 0.15) is 97.7 Å². The highest BCUT2D eigenvalue weighted by Gasteiger charge is 2.68. The molecule has 5 aliphatic carbocycles. The monoisotopic (exact) mass is 966 g/mol. The molecular formula is C44H70O23. The molecule has 9 aliphatic rings. The number of ether oxygens (including phenoxy) is 8. The van der Waals surface area contributed by atoms with E-state index < -0.39 is 178 Å². The fourth-order valence-electron chi connectivity index (χ4n) is 13.4. The van der Waals surface area contributed by atoms with Gasteiger partial charge < -0.3 is 109 Å². The first-order chi connectivity index (χ1) is 31.7. The molecule has 23 nitrogen and oxygen atoms in total. The van der Waals surface area contributed by atoms with Crippen LogP contribution < -0.4 is 0 Å². The Morgan fingerprint density at radius 1 is 0.582 bits per heavy atom. The van der Waals surface area contributed by atoms with Crippen LogP contribution in [-0.2, 0) is 42.7 Å². The molecule has 27 atom stereocenters. The number of rotatable bonds is 12. The van der Waals surface area contributed by atoms with E-state index in [1.165, 1.54) is 0 Å². The van der Waals surface area contributed by atoms with E-state index in [0.29, 0.717) is 44.9 Å². The van der Waals surface area contributed by atoms with Crippen LogP contribution >= 0.6 is 0 Å². The van der Waals surface area contributed by atoms with Gasteiger partial charge in [-0.2, -0.15) is 0 Å². The van der Waals surface area contributed by atoms with E-state index in [4.69, 9.17) is 37.9 Å². The van der Waals surface area contributed by atoms with Crippen LogP contribution in [-0.4, -0.2) is 233 Å². The molecule has 1 unspecified atom stereocenters. The highest BCUT2D eigenvalue weighted by molar-refractivity contribution is 5.77. The van der Waals surface area contributed by atoms with Gasteiger partial charge in [0.2, 0.25) is 6.29 Å². The molecule has 0 radical (unpaired) electrons. The van der Waals surface area contributed by atoms with E-state index in [2.05, 4.69) is 13.5 Å². The van der Waals surface area contributed by atoms with E-state index in [1.54, 1.807) is 0 Å². The molecule has 1 spiro atoms. The van der Waals surface area contributed by atoms with E-state index in [1.807, 2.05) is 6.92 Å². The normalized spacial score (nSPS) is 54.5. The number of aliphatic hydroxyl groups is 14. The highest BCUT2D eigenvalue weighted by Crippen LogP contribution is 2.72. The van der Waals surface area contributed by atoms with Crippen molar-refractivity contribution in [2.75, 3.05) is 26.4 Å². The summed E-state index contributed by atoms with van der Waals surface area (Å²) in [6.07, 6.45) is -29.8. The molecule has 4 aliphatic heterocycles. The molecule has 5 saturated carbocycles. The van der Waals surface area contributed by atoms with Gasteiger partial charge >= 0.3 is 5.97 Å². The summed E-state index contributed by atoms with van der Waals surface area (Å²) >= 11 is 0. The maximum absolute atomic E-state index is 14.3. The Morgan fingerprint density at radius 2 is 1.06 bits per heavy atom. The van der Waals surface area contributed by atoms with Gasteiger partial charge in [-0.15, -0.1) is 0 Å². The zero-order chi connectivity index (χ0) is 48.7. The highest BCUT2D eigenvalue weighted by atomic mass is 16.8. The lowest BCUT2D eigenvalue weighted by atomic mass is 9.36. The minimum absolute atomic E-state index is 0.0384. The predicted octanol–water partition coefficient (Wildman–Crippen LogP) is -5.26. The summed E-state index contributed by atoms with van der Waals surface area (Å²) in [6, 6.07) is 0. The maximum atomic E-state index is 14.3. The zero-order valence-corrected chi connectivity index (χ0v) is 37.5. The second-order valence-corrected chi connectivity index (χ2v) is 20.8. The standard InChI is InChI=1S/C44H70O23/c1-16-10-44-8-5-23-42(2,6-4-7-43(23,3)41(59)67-39-34(58)31(55)27(51)21(14-47)63-39)24(44)9-17(16)18(11-44)60-40-36(66-38-33(57)30(54)26(50)20(13-46)62-38)35(28(52)22(15-48)64-40)65-37-32(56)29(53)25(49)19(12-45)61-37/h17-40,45-58H,1,4-15H2,2-3H3/t17-,18?,19+,20+,21+,22+,23-,24-,25+,26+,27+,28+,29-,30-,31-,32+,33+,34+,35-,36+,37-,38-,39-,40+,42+,43+,44+/m0/s1. The summed E-state index contributed by atoms with van der Waals surface area (Å²) in [5.41, 5.74) is -0.982. The molecule has 0 aromatic heterocycles. The summed E-state index contributed by atoms with van der Waals surface area (Å²) in [7, 11) is 0. The maximum Gasteiger partial charge on any atom is 0.314 e. The Balaban J connectivity index is 1.06. The lowest BCUT2D eigenvalue weighted by molar-refractivity contribution is -0.398. The van der Waals surface area contributed by atoms with Gasteiger partial charge in [-0.3, -0.25) is 4.79 Å². The molecule has 4 heterocycles. The van der Waals surface area contributed by atoms with Crippen molar-refractivity contribution in [2.45, 2.75) is 194 Å². The van der Waals surface area contributed by atoms with E-state index >= 15 is 0 Å². The van der Waals surface area contributed by atoms with Crippen molar-refractivity contribution in [1.82, 2.24) is 0 Å². The second-order valence-electron chi connectivity index (χ2n) is 20.8. The third kappa shape index (κ3) is 8.83. The smallest absolute Gasteiger partial charge is 0.314 e. The van der Waals surface area contributed by atoms with Gasteiger partial charge in [0.05, 0.1) is 37.9 Å². The van der Waals surface area contributed by atoms with Crippen LogP contribution in [0, 0.1) is 34.0 Å². The molecule has 0 amide bonds. The van der Waals surface area contributed by atoms with Crippen molar-refractivity contribution in [3.05, 3.63) is 12.2 Å². The molecule has 0 aromatic rings. The zero-order valence-electron chi connectivity index (χ0n) is 37.5. The summed E-state index contributed by atoms with van der Waals surface area (Å²) in [5, 5.41) is 147. The Kier molecular flexibility index (Phi) is 15.3. The van der Waals surface area contributed by atoms with Gasteiger partial charge in [0.15, 0.2) is 18.9 Å². The quantitative estimate of drug-likeness (QED) is 0.0494. The molecule has 384 valence electrons. The third-order valence-corrected chi connectivity index (χ3v) is 17.0. The molecular weight excluding hydrogens is 896 g/mol. The molecule has 9 fully saturated rings. The predicted molar refractivity (Wildman–Crippen MR) is 219 cm³/mol. The Labute approximate surface area is 386 Å². The van der Waals surface area contributed by atoms with Crippen molar-refractivity contribution in [2.24, 2.45) is 34.0 Å². The number of carbonyl (C=O) groups is 1. The van der Waals surface area contributed by atoms with Crippen LogP contribution in [0.4, 0.5) is 0 Å². The number of aliphatic hydroxyl groups excluding tert-OH is 14. The number of esters is 1. The van der Waals surface area contributed by atoms with Crippen LogP contribution in [0.15, 0.2) is 12.2 Å². The third-order valence-electron chi connectivity index (χ3n) is 17.0. The van der Waals surface area contributed by atoms with Crippen molar-refractivity contribution >= 4 is 5.97 Å². The minimum Gasteiger partial charge on any atom is -0.432 e. The van der Waals surface area contributed by atoms with Gasteiger partial charge in [-0.25, -0.2) is 0 Å². The molecule has 0 aromatic carbocycles. The molecule has 23 heteroatoms. The Morgan fingerprint density at radius 3 is 1.60 bits per heavy atom. The van der Waals surface area contributed by atoms with Crippen molar-refractivity contribution in [3.63, 3.8) is 0 Å². The van der Waals surface area contributed by atoms with E-state index in [-0.39, 0.29) is 17.8 Å². The van der Waals surface area contributed by atoms with Gasteiger partial charge in [-0.05, 0) is 74.5 Å². The van der Waals surface area contributed by atoms with Crippen LogP contribution in [0.3, 0.4) is 0 Å². The molecule has 9 rings (SSSR count). The minimum atomic E-state index is -1.95. The fourth-order valence-corrected chi connectivity index (χ4v) is 13.4. The van der Waals surface area contributed by atoms with Crippen LogP contribution in [0.1, 0.15) is 65.2 Å². The van der Waals surface area contributed by atoms with Crippen molar-refractivity contribution in [3.8, 4) is 0 Å². The van der Waals surface area contributed by atoms with Crippen LogP contribution in [0.25, 0.3) is 0 Å². The number of hydrogen-bond acceptors (Lipinski definition) is 23. The van der Waals surface area contributed by atoms with Gasteiger partial charge in [-0.1, -0.05) is 25.5 Å². The lowest BCUT2D eigenvalue weighted by Gasteiger charge is -2.69. The van der Waals surface area contributed by atoms with Gasteiger partial charge in [0, 0.05) is 5.92 Å². The molecule has 4 saturated heterocycles. The number of carbonyl (C=O) groups excluding carboxylic acids is 1. The summed E-state index contributed by atoms with van der Waals surface area (Å²) in [6.45, 7) is 5.40. The lowest BCUT2D eigenvalue weighted by Crippen LogP contribution is -2.68.